The maximum atomic E-state index is 13.2. The molecule has 0 radical (unpaired) electrons. The van der Waals surface area contributed by atoms with Gasteiger partial charge in [0.1, 0.15) is 5.70 Å². The molecule has 0 saturated carbocycles. The van der Waals surface area contributed by atoms with Crippen LogP contribution in [-0.4, -0.2) is 23.3 Å². The summed E-state index contributed by atoms with van der Waals surface area (Å²) >= 11 is 0. The molecule has 32 heavy (non-hydrogen) atoms. The number of aryl methyl sites for hydroxylation is 1. The van der Waals surface area contributed by atoms with Crippen molar-refractivity contribution in [1.29, 1.82) is 0 Å². The van der Waals surface area contributed by atoms with Gasteiger partial charge in [-0.3, -0.25) is 14.5 Å². The van der Waals surface area contributed by atoms with Crippen LogP contribution in [0.15, 0.2) is 102 Å². The van der Waals surface area contributed by atoms with Crippen molar-refractivity contribution in [2.24, 2.45) is 0 Å². The first-order valence-electron chi connectivity index (χ1n) is 11.2. The minimum atomic E-state index is -0.229. The van der Waals surface area contributed by atoms with E-state index < -0.39 is 0 Å². The first-order valence-corrected chi connectivity index (χ1v) is 11.2. The number of carbonyl (C=O) groups excluding carboxylic acids is 2. The average molecular weight is 425 g/mol. The van der Waals surface area contributed by atoms with Crippen LogP contribution in [0.2, 0.25) is 0 Å². The molecule has 4 rings (SSSR count). The number of carbonyl (C=O) groups is 2. The lowest BCUT2D eigenvalue weighted by Crippen LogP contribution is -2.33. The predicted molar refractivity (Wildman–Crippen MR) is 127 cm³/mol. The fourth-order valence-corrected chi connectivity index (χ4v) is 3.99. The minimum absolute atomic E-state index is 0.200. The summed E-state index contributed by atoms with van der Waals surface area (Å²) in [5, 5.41) is 3.30. The van der Waals surface area contributed by atoms with Crippen LogP contribution in [0.5, 0.6) is 0 Å². The lowest BCUT2D eigenvalue weighted by molar-refractivity contribution is -0.138. The molecular formula is C28H28N2O2. The van der Waals surface area contributed by atoms with Gasteiger partial charge in [0.25, 0.3) is 11.8 Å². The van der Waals surface area contributed by atoms with Crippen LogP contribution in [0.3, 0.4) is 0 Å². The number of nitrogens with one attached hydrogen (secondary N) is 1. The van der Waals surface area contributed by atoms with Gasteiger partial charge in [-0.25, -0.2) is 0 Å². The van der Waals surface area contributed by atoms with Crippen LogP contribution < -0.4 is 5.32 Å². The predicted octanol–water partition coefficient (Wildman–Crippen LogP) is 4.66. The molecule has 0 saturated heterocycles. The standard InChI is InChI=1S/C28H28N2O2/c31-27-25(20-23-15-6-2-7-16-23)26(28(32)30(27)21-24-17-8-3-9-18-24)29-19-11-10-14-22-12-4-1-5-13-22/h1-9,12-13,15-18,29H,10-11,14,19-21H2. The van der Waals surface area contributed by atoms with Crippen molar-refractivity contribution in [2.45, 2.75) is 32.2 Å². The SMILES string of the molecule is O=C1C(Cc2ccccc2)=C(NCCCCc2ccccc2)C(=O)N1Cc1ccccc1. The van der Waals surface area contributed by atoms with E-state index in [1.54, 1.807) is 0 Å². The molecule has 1 N–H and O–H groups in total. The van der Waals surface area contributed by atoms with Crippen molar-refractivity contribution in [2.75, 3.05) is 6.54 Å². The summed E-state index contributed by atoms with van der Waals surface area (Å²) in [5.74, 6) is -0.428. The molecule has 1 heterocycles. The first kappa shape index (κ1) is 21.6. The normalized spacial score (nSPS) is 13.7. The van der Waals surface area contributed by atoms with Crippen molar-refractivity contribution in [1.82, 2.24) is 10.2 Å². The Kier molecular flexibility index (Phi) is 7.13. The van der Waals surface area contributed by atoms with E-state index in [0.29, 0.717) is 24.2 Å². The van der Waals surface area contributed by atoms with Gasteiger partial charge in [0, 0.05) is 13.0 Å². The van der Waals surface area contributed by atoms with E-state index in [-0.39, 0.29) is 18.4 Å². The summed E-state index contributed by atoms with van der Waals surface area (Å²) in [4.78, 5) is 27.8. The summed E-state index contributed by atoms with van der Waals surface area (Å²) in [5.41, 5.74) is 4.29. The van der Waals surface area contributed by atoms with Gasteiger partial charge in [-0.15, -0.1) is 0 Å². The van der Waals surface area contributed by atoms with Gasteiger partial charge in [-0.1, -0.05) is 91.0 Å². The molecule has 0 unspecified atom stereocenters. The molecule has 2 amide bonds. The molecule has 4 heteroatoms. The van der Waals surface area contributed by atoms with Crippen LogP contribution >= 0.6 is 0 Å². The summed E-state index contributed by atoms with van der Waals surface area (Å²) in [7, 11) is 0. The van der Waals surface area contributed by atoms with E-state index in [0.717, 1.165) is 30.4 Å². The van der Waals surface area contributed by atoms with Crippen molar-refractivity contribution in [3.63, 3.8) is 0 Å². The summed E-state index contributed by atoms with van der Waals surface area (Å²) < 4.78 is 0. The van der Waals surface area contributed by atoms with E-state index in [1.807, 2.05) is 66.7 Å². The molecule has 162 valence electrons. The summed E-state index contributed by atoms with van der Waals surface area (Å²) in [6.45, 7) is 0.953. The zero-order chi connectivity index (χ0) is 22.2. The molecule has 3 aromatic rings. The van der Waals surface area contributed by atoms with Gasteiger partial charge < -0.3 is 5.32 Å². The first-order chi connectivity index (χ1) is 15.7. The lowest BCUT2D eigenvalue weighted by atomic mass is 10.0. The fraction of sp³-hybridized carbons (Fsp3) is 0.214. The monoisotopic (exact) mass is 424 g/mol. The number of unbranched alkanes of at least 4 members (excludes halogenated alkanes) is 1. The molecule has 3 aromatic carbocycles. The minimum Gasteiger partial charge on any atom is -0.380 e. The van der Waals surface area contributed by atoms with E-state index in [9.17, 15) is 9.59 Å². The molecule has 0 fully saturated rings. The van der Waals surface area contributed by atoms with Crippen LogP contribution in [0.4, 0.5) is 0 Å². The highest BCUT2D eigenvalue weighted by Crippen LogP contribution is 2.24. The lowest BCUT2D eigenvalue weighted by Gasteiger charge is -2.15. The zero-order valence-electron chi connectivity index (χ0n) is 18.2. The van der Waals surface area contributed by atoms with E-state index in [2.05, 4.69) is 29.6 Å². The van der Waals surface area contributed by atoms with Gasteiger partial charge in [0.15, 0.2) is 0 Å². The van der Waals surface area contributed by atoms with Crippen molar-refractivity contribution in [3.8, 4) is 0 Å². The quantitative estimate of drug-likeness (QED) is 0.380. The third-order valence-corrected chi connectivity index (χ3v) is 5.71. The average Bonchev–Trinajstić information content (AvgIpc) is 3.05. The molecule has 0 aromatic heterocycles. The van der Waals surface area contributed by atoms with Crippen molar-refractivity contribution >= 4 is 11.8 Å². The topological polar surface area (TPSA) is 49.4 Å². The Bertz CT molecular complexity index is 1080. The van der Waals surface area contributed by atoms with E-state index in [1.165, 1.54) is 10.5 Å². The molecule has 0 atom stereocenters. The Balaban J connectivity index is 1.44. The van der Waals surface area contributed by atoms with Crippen LogP contribution in [0.25, 0.3) is 0 Å². The van der Waals surface area contributed by atoms with Gasteiger partial charge in [-0.2, -0.15) is 0 Å². The molecule has 1 aliphatic heterocycles. The van der Waals surface area contributed by atoms with Crippen LogP contribution in [0, 0.1) is 0 Å². The van der Waals surface area contributed by atoms with Gasteiger partial charge in [0.2, 0.25) is 0 Å². The number of nitrogens with zero attached hydrogens (tertiary/aromatic N) is 1. The van der Waals surface area contributed by atoms with Gasteiger partial charge in [-0.05, 0) is 36.0 Å². The maximum absolute atomic E-state index is 13.2. The summed E-state index contributed by atoms with van der Waals surface area (Å²) in [6, 6.07) is 29.9. The second-order valence-electron chi connectivity index (χ2n) is 8.07. The van der Waals surface area contributed by atoms with Crippen LogP contribution in [-0.2, 0) is 29.0 Å². The van der Waals surface area contributed by atoms with Crippen molar-refractivity contribution in [3.05, 3.63) is 119 Å². The number of hydrogen-bond donors (Lipinski definition) is 1. The molecule has 0 aliphatic carbocycles. The highest BCUT2D eigenvalue weighted by Gasteiger charge is 2.37. The largest absolute Gasteiger partial charge is 0.380 e. The molecular weight excluding hydrogens is 396 g/mol. The van der Waals surface area contributed by atoms with E-state index >= 15 is 0 Å². The second kappa shape index (κ2) is 10.6. The zero-order valence-corrected chi connectivity index (χ0v) is 18.2. The highest BCUT2D eigenvalue weighted by atomic mass is 16.2. The third kappa shape index (κ3) is 5.33. The van der Waals surface area contributed by atoms with Crippen LogP contribution in [0.1, 0.15) is 29.5 Å². The number of rotatable bonds is 10. The molecule has 1 aliphatic rings. The van der Waals surface area contributed by atoms with Gasteiger partial charge in [0.05, 0.1) is 12.1 Å². The number of hydrogen-bond acceptors (Lipinski definition) is 3. The van der Waals surface area contributed by atoms with Crippen molar-refractivity contribution < 1.29 is 9.59 Å². The second-order valence-corrected chi connectivity index (χ2v) is 8.07. The molecule has 0 bridgehead atoms. The maximum Gasteiger partial charge on any atom is 0.277 e. The van der Waals surface area contributed by atoms with Gasteiger partial charge >= 0.3 is 0 Å². The number of benzene rings is 3. The molecule has 0 spiro atoms. The molecule has 4 nitrogen and oxygen atoms in total. The Morgan fingerprint density at radius 2 is 1.19 bits per heavy atom. The third-order valence-electron chi connectivity index (χ3n) is 5.71. The Hall–Kier alpha value is -3.66. The highest BCUT2D eigenvalue weighted by molar-refractivity contribution is 6.19. The smallest absolute Gasteiger partial charge is 0.277 e. The fourth-order valence-electron chi connectivity index (χ4n) is 3.99. The number of amides is 2. The summed E-state index contributed by atoms with van der Waals surface area (Å²) in [6.07, 6.45) is 3.40. The Morgan fingerprint density at radius 1 is 0.625 bits per heavy atom. The Labute approximate surface area is 189 Å². The number of imide groups is 1. The Morgan fingerprint density at radius 3 is 1.81 bits per heavy atom. The van der Waals surface area contributed by atoms with E-state index in [4.69, 9.17) is 0 Å².